The summed E-state index contributed by atoms with van der Waals surface area (Å²) in [5.41, 5.74) is 10.5. The molecule has 0 saturated carbocycles. The average Bonchev–Trinajstić information content (AvgIpc) is 2.31. The van der Waals surface area contributed by atoms with Gasteiger partial charge >= 0.3 is 0 Å². The van der Waals surface area contributed by atoms with Crippen molar-refractivity contribution >= 4 is 0 Å². The van der Waals surface area contributed by atoms with Gasteiger partial charge in [-0.05, 0) is 5.53 Å². The molecule has 3 N–H and O–H groups in total. The molecule has 8 heteroatoms. The molecule has 0 aliphatic carbocycles. The van der Waals surface area contributed by atoms with Crippen LogP contribution in [0.15, 0.2) is 5.11 Å². The van der Waals surface area contributed by atoms with Gasteiger partial charge < -0.3 is 14.2 Å². The lowest BCUT2D eigenvalue weighted by molar-refractivity contribution is 0.0166. The zero-order valence-corrected chi connectivity index (χ0v) is 9.30. The first-order valence-corrected chi connectivity index (χ1v) is 5.09. The van der Waals surface area contributed by atoms with E-state index in [1.165, 1.54) is 0 Å². The first-order valence-electron chi connectivity index (χ1n) is 5.09. The van der Waals surface area contributed by atoms with E-state index in [2.05, 4.69) is 15.5 Å². The Hall–Kier alpha value is -0.890. The van der Waals surface area contributed by atoms with Crippen LogP contribution in [0.5, 0.6) is 0 Å². The van der Waals surface area contributed by atoms with E-state index in [1.807, 2.05) is 0 Å². The molecule has 0 bridgehead atoms. The molecular weight excluding hydrogens is 214 g/mol. The SMILES string of the molecule is [N-]=[N+]=NCCOCCOCCOCCNN. The monoisotopic (exact) mass is 233 g/mol. The Bertz CT molecular complexity index is 187. The third kappa shape index (κ3) is 13.1. The van der Waals surface area contributed by atoms with Crippen molar-refractivity contribution in [2.45, 2.75) is 0 Å². The number of azide groups is 1. The van der Waals surface area contributed by atoms with Crippen molar-refractivity contribution in [3.63, 3.8) is 0 Å². The molecule has 0 aliphatic heterocycles. The minimum Gasteiger partial charge on any atom is -0.379 e. The lowest BCUT2D eigenvalue weighted by Gasteiger charge is -2.05. The Balaban J connectivity index is 2.90. The molecule has 0 aromatic rings. The van der Waals surface area contributed by atoms with Gasteiger partial charge in [-0.25, -0.2) is 0 Å². The molecule has 0 aromatic carbocycles. The zero-order valence-electron chi connectivity index (χ0n) is 9.30. The second kappa shape index (κ2) is 14.1. The van der Waals surface area contributed by atoms with Crippen molar-refractivity contribution in [3.8, 4) is 0 Å². The fourth-order valence-corrected chi connectivity index (χ4v) is 0.823. The number of hydrogen-bond acceptors (Lipinski definition) is 6. The third-order valence-electron chi connectivity index (χ3n) is 1.53. The van der Waals surface area contributed by atoms with Crippen molar-refractivity contribution < 1.29 is 14.2 Å². The van der Waals surface area contributed by atoms with Crippen LogP contribution in [0.4, 0.5) is 0 Å². The molecule has 0 saturated heterocycles. The van der Waals surface area contributed by atoms with Crippen LogP contribution < -0.4 is 11.3 Å². The van der Waals surface area contributed by atoms with Gasteiger partial charge in [0, 0.05) is 18.0 Å². The largest absolute Gasteiger partial charge is 0.379 e. The number of nitrogens with zero attached hydrogens (tertiary/aromatic N) is 3. The molecular formula is C8H19N5O3. The normalized spacial score (nSPS) is 10.1. The van der Waals surface area contributed by atoms with Crippen molar-refractivity contribution in [2.75, 3.05) is 52.7 Å². The maximum Gasteiger partial charge on any atom is 0.0701 e. The molecule has 94 valence electrons. The van der Waals surface area contributed by atoms with Gasteiger partial charge in [0.1, 0.15) is 0 Å². The molecule has 0 amide bonds. The van der Waals surface area contributed by atoms with Crippen molar-refractivity contribution in [1.82, 2.24) is 5.43 Å². The Morgan fingerprint density at radius 2 is 1.56 bits per heavy atom. The van der Waals surface area contributed by atoms with Crippen molar-refractivity contribution in [1.29, 1.82) is 0 Å². The molecule has 0 heterocycles. The lowest BCUT2D eigenvalue weighted by atomic mass is 10.6. The molecule has 0 radical (unpaired) electrons. The number of ether oxygens (including phenoxy) is 3. The van der Waals surface area contributed by atoms with Crippen LogP contribution in [0.25, 0.3) is 10.4 Å². The Morgan fingerprint density at radius 3 is 2.12 bits per heavy atom. The fourth-order valence-electron chi connectivity index (χ4n) is 0.823. The first kappa shape index (κ1) is 15.1. The van der Waals surface area contributed by atoms with Gasteiger partial charge in [0.05, 0.1) is 39.6 Å². The third-order valence-corrected chi connectivity index (χ3v) is 1.53. The van der Waals surface area contributed by atoms with Crippen LogP contribution in [0.3, 0.4) is 0 Å². The maximum absolute atomic E-state index is 7.98. The van der Waals surface area contributed by atoms with Gasteiger partial charge in [0.25, 0.3) is 0 Å². The van der Waals surface area contributed by atoms with Crippen LogP contribution in [-0.4, -0.2) is 52.7 Å². The second-order valence-corrected chi connectivity index (χ2v) is 2.75. The topological polar surface area (TPSA) is 115 Å². The standard InChI is InChI=1S/C8H19N5O3/c9-11-1-3-14-5-7-16-8-6-15-4-2-12-13-10/h11H,1-9H2. The van der Waals surface area contributed by atoms with Gasteiger partial charge in [-0.3, -0.25) is 11.3 Å². The highest BCUT2D eigenvalue weighted by molar-refractivity contribution is 4.44. The van der Waals surface area contributed by atoms with E-state index in [0.717, 1.165) is 0 Å². The summed E-state index contributed by atoms with van der Waals surface area (Å²) in [4.78, 5) is 2.60. The summed E-state index contributed by atoms with van der Waals surface area (Å²) in [6.45, 7) is 4.05. The Labute approximate surface area is 94.6 Å². The molecule has 0 aliphatic rings. The van der Waals surface area contributed by atoms with Gasteiger partial charge in [-0.1, -0.05) is 5.11 Å². The van der Waals surface area contributed by atoms with Crippen molar-refractivity contribution in [2.24, 2.45) is 11.0 Å². The van der Waals surface area contributed by atoms with E-state index in [1.54, 1.807) is 0 Å². The molecule has 0 spiro atoms. The quantitative estimate of drug-likeness (QED) is 0.121. The molecule has 0 aromatic heterocycles. The van der Waals surface area contributed by atoms with E-state index < -0.39 is 0 Å². The molecule has 0 fully saturated rings. The highest BCUT2D eigenvalue weighted by Crippen LogP contribution is 1.81. The summed E-state index contributed by atoms with van der Waals surface area (Å²) in [5.74, 6) is 5.05. The highest BCUT2D eigenvalue weighted by atomic mass is 16.5. The van der Waals surface area contributed by atoms with E-state index >= 15 is 0 Å². The summed E-state index contributed by atoms with van der Waals surface area (Å²) >= 11 is 0. The van der Waals surface area contributed by atoms with Crippen LogP contribution >= 0.6 is 0 Å². The minimum absolute atomic E-state index is 0.353. The smallest absolute Gasteiger partial charge is 0.0701 e. The number of hydrazine groups is 1. The van der Waals surface area contributed by atoms with E-state index in [9.17, 15) is 0 Å². The molecule has 0 rings (SSSR count). The van der Waals surface area contributed by atoms with Crippen LogP contribution in [0.2, 0.25) is 0 Å². The fraction of sp³-hybridized carbons (Fsp3) is 1.00. The predicted octanol–water partition coefficient (Wildman–Crippen LogP) is -0.190. The van der Waals surface area contributed by atoms with Gasteiger partial charge in [-0.15, -0.1) is 0 Å². The van der Waals surface area contributed by atoms with E-state index in [0.29, 0.717) is 52.7 Å². The first-order chi connectivity index (χ1) is 7.91. The summed E-state index contributed by atoms with van der Waals surface area (Å²) in [6.07, 6.45) is 0. The number of nitrogens with one attached hydrogen (secondary N) is 1. The average molecular weight is 233 g/mol. The Kier molecular flexibility index (Phi) is 13.3. The molecule has 8 nitrogen and oxygen atoms in total. The second-order valence-electron chi connectivity index (χ2n) is 2.75. The molecule has 0 unspecified atom stereocenters. The Morgan fingerprint density at radius 1 is 1.00 bits per heavy atom. The van der Waals surface area contributed by atoms with Gasteiger partial charge in [0.15, 0.2) is 0 Å². The molecule has 16 heavy (non-hydrogen) atoms. The summed E-state index contributed by atoms with van der Waals surface area (Å²) in [7, 11) is 0. The predicted molar refractivity (Wildman–Crippen MR) is 58.7 cm³/mol. The summed E-state index contributed by atoms with van der Waals surface area (Å²) in [6, 6.07) is 0. The minimum atomic E-state index is 0.353. The van der Waals surface area contributed by atoms with E-state index in [4.69, 9.17) is 25.6 Å². The zero-order chi connectivity index (χ0) is 11.9. The van der Waals surface area contributed by atoms with Crippen LogP contribution in [-0.2, 0) is 14.2 Å². The van der Waals surface area contributed by atoms with Crippen LogP contribution in [0, 0.1) is 0 Å². The molecule has 0 atom stereocenters. The van der Waals surface area contributed by atoms with Crippen molar-refractivity contribution in [3.05, 3.63) is 10.4 Å². The number of hydrogen-bond donors (Lipinski definition) is 2. The number of rotatable bonds is 12. The van der Waals surface area contributed by atoms with Gasteiger partial charge in [-0.2, -0.15) is 0 Å². The van der Waals surface area contributed by atoms with E-state index in [-0.39, 0.29) is 0 Å². The van der Waals surface area contributed by atoms with Crippen LogP contribution in [0.1, 0.15) is 0 Å². The maximum atomic E-state index is 7.98. The van der Waals surface area contributed by atoms with Gasteiger partial charge in [0.2, 0.25) is 0 Å². The highest BCUT2D eigenvalue weighted by Gasteiger charge is 1.90. The number of nitrogens with two attached hydrogens (primary N) is 1. The summed E-state index contributed by atoms with van der Waals surface area (Å²) < 4.78 is 15.5. The summed E-state index contributed by atoms with van der Waals surface area (Å²) in [5, 5.41) is 3.33. The lowest BCUT2D eigenvalue weighted by Crippen LogP contribution is -2.26.